The number of rotatable bonds is 4. The highest BCUT2D eigenvalue weighted by atomic mass is 32.3. The van der Waals surface area contributed by atoms with Crippen LogP contribution in [0.25, 0.3) is 0 Å². The molecule has 94 valence electrons. The minimum absolute atomic E-state index is 0.134. The molecule has 2 N–H and O–H groups in total. The molecule has 0 spiro atoms. The maximum Gasteiger partial charge on any atom is 0.339 e. The van der Waals surface area contributed by atoms with Crippen molar-refractivity contribution in [2.45, 2.75) is 11.8 Å². The first-order valence-corrected chi connectivity index (χ1v) is 6.42. The molecule has 0 saturated heterocycles. The highest BCUT2D eigenvalue weighted by molar-refractivity contribution is 7.99. The fraction of sp³-hybridized carbons (Fsp3) is 0.222. The summed E-state index contributed by atoms with van der Waals surface area (Å²) in [6.07, 6.45) is 0. The van der Waals surface area contributed by atoms with Gasteiger partial charge in [0.1, 0.15) is 11.3 Å². The second kappa shape index (κ2) is 4.94. The van der Waals surface area contributed by atoms with Crippen LogP contribution in [0.4, 0.5) is 0 Å². The van der Waals surface area contributed by atoms with E-state index < -0.39 is 27.3 Å². The molecule has 6 nitrogen and oxygen atoms in total. The molecule has 0 saturated carbocycles. The van der Waals surface area contributed by atoms with E-state index in [1.807, 2.05) is 0 Å². The zero-order chi connectivity index (χ0) is 13.2. The first-order chi connectivity index (χ1) is 7.80. The third-order valence-electron chi connectivity index (χ3n) is 2.04. The third-order valence-corrected chi connectivity index (χ3v) is 4.63. The average molecular weight is 277 g/mol. The summed E-state index contributed by atoms with van der Waals surface area (Å²) in [5, 5.41) is 18.0. The molecule has 0 aliphatic heterocycles. The van der Waals surface area contributed by atoms with Crippen molar-refractivity contribution in [3.63, 3.8) is 0 Å². The molecule has 0 unspecified atom stereocenters. The maximum absolute atomic E-state index is 11.8. The van der Waals surface area contributed by atoms with E-state index in [1.54, 1.807) is 6.92 Å². The number of nitrogens with zero attached hydrogens (tertiary/aromatic N) is 1. The number of hydrogen-bond donors (Lipinski definition) is 3. The smallest absolute Gasteiger partial charge is 0.339 e. The summed E-state index contributed by atoms with van der Waals surface area (Å²) in [6.45, 7) is 1.72. The SMILES string of the molecule is CCN(S)S(=O)(=O)c1ccc(O)c(C(=O)O)c1. The van der Waals surface area contributed by atoms with Crippen molar-refractivity contribution < 1.29 is 23.4 Å². The van der Waals surface area contributed by atoms with Gasteiger partial charge < -0.3 is 10.2 Å². The largest absolute Gasteiger partial charge is 0.507 e. The van der Waals surface area contributed by atoms with Crippen LogP contribution in [0.1, 0.15) is 17.3 Å². The Morgan fingerprint density at radius 2 is 2.06 bits per heavy atom. The Hall–Kier alpha value is -1.25. The summed E-state index contributed by atoms with van der Waals surface area (Å²) in [7, 11) is -3.84. The second-order valence-electron chi connectivity index (χ2n) is 3.13. The monoisotopic (exact) mass is 277 g/mol. The van der Waals surface area contributed by atoms with Gasteiger partial charge in [-0.3, -0.25) is 0 Å². The number of carbonyl (C=O) groups is 1. The molecule has 0 heterocycles. The van der Waals surface area contributed by atoms with Crippen LogP contribution in [0.5, 0.6) is 5.75 Å². The van der Waals surface area contributed by atoms with Crippen molar-refractivity contribution in [3.05, 3.63) is 23.8 Å². The summed E-state index contributed by atoms with van der Waals surface area (Å²) in [4.78, 5) is 10.5. The van der Waals surface area contributed by atoms with E-state index in [9.17, 15) is 18.3 Å². The number of aromatic carboxylic acids is 1. The lowest BCUT2D eigenvalue weighted by Gasteiger charge is -2.13. The summed E-state index contributed by atoms with van der Waals surface area (Å²) >= 11 is 3.77. The fourth-order valence-corrected chi connectivity index (χ4v) is 2.51. The van der Waals surface area contributed by atoms with E-state index in [4.69, 9.17) is 5.11 Å². The zero-order valence-electron chi connectivity index (χ0n) is 8.86. The Kier molecular flexibility index (Phi) is 4.02. The van der Waals surface area contributed by atoms with Crippen LogP contribution in [0.3, 0.4) is 0 Å². The molecule has 8 heteroatoms. The summed E-state index contributed by atoms with van der Waals surface area (Å²) < 4.78 is 24.4. The number of hydrogen-bond acceptors (Lipinski definition) is 5. The number of phenols is 1. The molecule has 0 atom stereocenters. The van der Waals surface area contributed by atoms with Gasteiger partial charge in [0.15, 0.2) is 0 Å². The van der Waals surface area contributed by atoms with Crippen molar-refractivity contribution >= 4 is 28.8 Å². The normalized spacial score (nSPS) is 11.7. The predicted molar refractivity (Wildman–Crippen MR) is 63.6 cm³/mol. The molecule has 0 aromatic heterocycles. The van der Waals surface area contributed by atoms with E-state index in [0.717, 1.165) is 21.9 Å². The average Bonchev–Trinajstić information content (AvgIpc) is 2.27. The van der Waals surface area contributed by atoms with E-state index in [0.29, 0.717) is 0 Å². The molecular weight excluding hydrogens is 266 g/mol. The third kappa shape index (κ3) is 2.71. The van der Waals surface area contributed by atoms with Gasteiger partial charge >= 0.3 is 5.97 Å². The number of aromatic hydroxyl groups is 1. The summed E-state index contributed by atoms with van der Waals surface area (Å²) in [5.41, 5.74) is -0.469. The molecule has 0 radical (unpaired) electrons. The number of carboxylic acids is 1. The minimum Gasteiger partial charge on any atom is -0.507 e. The van der Waals surface area contributed by atoms with E-state index >= 15 is 0 Å². The predicted octanol–water partition coefficient (Wildman–Crippen LogP) is 0.946. The van der Waals surface area contributed by atoms with E-state index in [1.165, 1.54) is 0 Å². The lowest BCUT2D eigenvalue weighted by molar-refractivity contribution is 0.0693. The molecule has 0 fully saturated rings. The maximum atomic E-state index is 11.8. The highest BCUT2D eigenvalue weighted by Crippen LogP contribution is 2.24. The highest BCUT2D eigenvalue weighted by Gasteiger charge is 2.22. The minimum atomic E-state index is -3.84. The molecule has 1 aromatic rings. The van der Waals surface area contributed by atoms with Crippen molar-refractivity contribution in [3.8, 4) is 5.75 Å². The standard InChI is InChI=1S/C9H11NO5S2/c1-2-10(16)17(14,15)6-3-4-8(11)7(5-6)9(12)13/h3-5,11,16H,2H2,1H3,(H,12,13). The Balaban J connectivity index is 3.35. The molecule has 0 bridgehead atoms. The van der Waals surface area contributed by atoms with Crippen LogP contribution in [-0.4, -0.2) is 34.9 Å². The Labute approximate surface area is 104 Å². The van der Waals surface area contributed by atoms with Gasteiger partial charge in [-0.25, -0.2) is 13.2 Å². The Bertz CT molecular complexity index is 540. The number of thiol groups is 1. The summed E-state index contributed by atoms with van der Waals surface area (Å²) in [5.74, 6) is -1.89. The van der Waals surface area contributed by atoms with Crippen molar-refractivity contribution in [2.75, 3.05) is 6.54 Å². The Morgan fingerprint density at radius 1 is 1.47 bits per heavy atom. The number of benzene rings is 1. The van der Waals surface area contributed by atoms with Crippen LogP contribution in [-0.2, 0) is 10.0 Å². The van der Waals surface area contributed by atoms with Crippen molar-refractivity contribution in [1.82, 2.24) is 3.71 Å². The van der Waals surface area contributed by atoms with Gasteiger partial charge in [0.05, 0.1) is 4.90 Å². The summed E-state index contributed by atoms with van der Waals surface area (Å²) in [6, 6.07) is 3.04. The molecule has 1 aromatic carbocycles. The molecule has 17 heavy (non-hydrogen) atoms. The molecule has 0 aliphatic rings. The van der Waals surface area contributed by atoms with Gasteiger partial charge in [0.2, 0.25) is 0 Å². The van der Waals surface area contributed by atoms with Gasteiger partial charge in [0, 0.05) is 6.54 Å². The van der Waals surface area contributed by atoms with Crippen molar-refractivity contribution in [2.24, 2.45) is 0 Å². The van der Waals surface area contributed by atoms with Crippen LogP contribution in [0, 0.1) is 0 Å². The van der Waals surface area contributed by atoms with Gasteiger partial charge in [-0.15, -0.1) is 3.71 Å². The molecular formula is C9H11NO5S2. The van der Waals surface area contributed by atoms with Crippen molar-refractivity contribution in [1.29, 1.82) is 0 Å². The van der Waals surface area contributed by atoms with Gasteiger partial charge in [-0.1, -0.05) is 19.7 Å². The lowest BCUT2D eigenvalue weighted by atomic mass is 10.2. The topological polar surface area (TPSA) is 94.9 Å². The number of carboxylic acid groups (broad SMARTS) is 1. The van der Waals surface area contributed by atoms with Gasteiger partial charge in [-0.05, 0) is 18.2 Å². The molecule has 1 rings (SSSR count). The van der Waals surface area contributed by atoms with Crippen LogP contribution < -0.4 is 0 Å². The van der Waals surface area contributed by atoms with Crippen LogP contribution in [0.15, 0.2) is 23.1 Å². The van der Waals surface area contributed by atoms with Crippen LogP contribution in [0.2, 0.25) is 0 Å². The van der Waals surface area contributed by atoms with Gasteiger partial charge in [-0.2, -0.15) is 0 Å². The Morgan fingerprint density at radius 3 is 2.53 bits per heavy atom. The second-order valence-corrected chi connectivity index (χ2v) is 5.74. The fourth-order valence-electron chi connectivity index (χ4n) is 1.14. The quantitative estimate of drug-likeness (QED) is 0.712. The first-order valence-electron chi connectivity index (χ1n) is 4.58. The van der Waals surface area contributed by atoms with Crippen LogP contribution >= 0.6 is 12.8 Å². The number of sulfonamides is 1. The first kappa shape index (κ1) is 13.8. The molecule has 0 amide bonds. The lowest BCUT2D eigenvalue weighted by Crippen LogP contribution is -2.22. The zero-order valence-corrected chi connectivity index (χ0v) is 10.6. The van der Waals surface area contributed by atoms with E-state index in [-0.39, 0.29) is 11.4 Å². The van der Waals surface area contributed by atoms with Gasteiger partial charge in [0.25, 0.3) is 10.0 Å². The molecule has 0 aliphatic carbocycles. The van der Waals surface area contributed by atoms with E-state index in [2.05, 4.69) is 12.8 Å².